The molecule has 8 heteroatoms. The molecule has 0 aliphatic heterocycles. The fourth-order valence-corrected chi connectivity index (χ4v) is 2.91. The fourth-order valence-electron chi connectivity index (χ4n) is 2.91. The number of carbonyl (C=O) groups excluding carboxylic acids is 1. The van der Waals surface area contributed by atoms with Crippen LogP contribution in [0.25, 0.3) is 5.82 Å². The number of carbonyl (C=O) groups is 1. The number of aryl methyl sites for hydroxylation is 2. The molecule has 0 radical (unpaired) electrons. The van der Waals surface area contributed by atoms with Crippen LogP contribution in [0.3, 0.4) is 0 Å². The quantitative estimate of drug-likeness (QED) is 0.663. The van der Waals surface area contributed by atoms with Crippen molar-refractivity contribution in [2.24, 2.45) is 0 Å². The van der Waals surface area contributed by atoms with Crippen LogP contribution >= 0.6 is 0 Å². The molecule has 0 aliphatic carbocycles. The third-order valence-corrected chi connectivity index (χ3v) is 4.18. The summed E-state index contributed by atoms with van der Waals surface area (Å²) in [4.78, 5) is 24.4. The third kappa shape index (κ3) is 5.10. The first-order valence-electron chi connectivity index (χ1n) is 9.50. The highest BCUT2D eigenvalue weighted by atomic mass is 16.5. The Balaban J connectivity index is 1.63. The van der Waals surface area contributed by atoms with Crippen LogP contribution in [0.1, 0.15) is 35.6 Å². The van der Waals surface area contributed by atoms with Gasteiger partial charge in [0, 0.05) is 23.9 Å². The highest BCUT2D eigenvalue weighted by Gasteiger charge is 2.09. The van der Waals surface area contributed by atoms with Gasteiger partial charge in [-0.05, 0) is 64.1 Å². The van der Waals surface area contributed by atoms with E-state index in [1.807, 2.05) is 33.8 Å². The molecule has 0 spiro atoms. The van der Waals surface area contributed by atoms with Gasteiger partial charge in [-0.2, -0.15) is 5.10 Å². The number of hydrogen-bond donors (Lipinski definition) is 1. The van der Waals surface area contributed by atoms with Crippen LogP contribution in [0.5, 0.6) is 5.75 Å². The first-order chi connectivity index (χ1) is 13.8. The van der Waals surface area contributed by atoms with Crippen molar-refractivity contribution in [3.05, 3.63) is 69.8 Å². The second-order valence-corrected chi connectivity index (χ2v) is 7.04. The minimum Gasteiger partial charge on any atom is -0.491 e. The maximum atomic E-state index is 12.3. The molecule has 1 amide bonds. The molecule has 0 unspecified atom stereocenters. The topological polar surface area (TPSA) is 91.0 Å². The number of amides is 1. The molecule has 0 saturated heterocycles. The van der Waals surface area contributed by atoms with Crippen molar-refractivity contribution in [2.45, 2.75) is 40.3 Å². The molecule has 1 aromatic carbocycles. The highest BCUT2D eigenvalue weighted by molar-refractivity contribution is 5.94. The van der Waals surface area contributed by atoms with Gasteiger partial charge in [0.25, 0.3) is 11.5 Å². The van der Waals surface area contributed by atoms with E-state index in [1.54, 1.807) is 35.0 Å². The molecule has 0 aliphatic rings. The number of rotatable bonds is 7. The molecule has 1 N–H and O–H groups in total. The molecule has 0 fully saturated rings. The van der Waals surface area contributed by atoms with E-state index in [-0.39, 0.29) is 30.7 Å². The van der Waals surface area contributed by atoms with Gasteiger partial charge in [-0.15, -0.1) is 5.10 Å². The van der Waals surface area contributed by atoms with Gasteiger partial charge < -0.3 is 10.1 Å². The summed E-state index contributed by atoms with van der Waals surface area (Å²) in [6, 6.07) is 12.0. The Morgan fingerprint density at radius 2 is 1.83 bits per heavy atom. The van der Waals surface area contributed by atoms with Crippen LogP contribution in [-0.4, -0.2) is 38.1 Å². The van der Waals surface area contributed by atoms with Gasteiger partial charge in [0.2, 0.25) is 0 Å². The van der Waals surface area contributed by atoms with E-state index in [0.29, 0.717) is 17.1 Å². The molecule has 2 aromatic heterocycles. The third-order valence-electron chi connectivity index (χ3n) is 4.18. The molecule has 0 atom stereocenters. The Morgan fingerprint density at radius 1 is 1.10 bits per heavy atom. The predicted molar refractivity (Wildman–Crippen MR) is 110 cm³/mol. The SMILES string of the molecule is Cc1cc(C)n(-c2ccc(=O)n(CCNC(=O)c3ccc(OC(C)C)cc3)n2)n1. The number of ether oxygens (including phenoxy) is 1. The van der Waals surface area contributed by atoms with Crippen molar-refractivity contribution < 1.29 is 9.53 Å². The van der Waals surface area contributed by atoms with E-state index >= 15 is 0 Å². The lowest BCUT2D eigenvalue weighted by atomic mass is 10.2. The second kappa shape index (κ2) is 8.72. The van der Waals surface area contributed by atoms with E-state index in [1.165, 1.54) is 10.7 Å². The highest BCUT2D eigenvalue weighted by Crippen LogP contribution is 2.13. The number of nitrogens with zero attached hydrogens (tertiary/aromatic N) is 4. The number of benzene rings is 1. The minimum atomic E-state index is -0.236. The van der Waals surface area contributed by atoms with E-state index in [2.05, 4.69) is 15.5 Å². The van der Waals surface area contributed by atoms with Crippen LogP contribution in [0.2, 0.25) is 0 Å². The van der Waals surface area contributed by atoms with Crippen molar-refractivity contribution in [3.8, 4) is 11.6 Å². The molecule has 29 heavy (non-hydrogen) atoms. The lowest BCUT2D eigenvalue weighted by Gasteiger charge is -2.11. The van der Waals surface area contributed by atoms with Crippen molar-refractivity contribution in [2.75, 3.05) is 6.54 Å². The second-order valence-electron chi connectivity index (χ2n) is 7.04. The summed E-state index contributed by atoms with van der Waals surface area (Å²) >= 11 is 0. The summed E-state index contributed by atoms with van der Waals surface area (Å²) in [6.07, 6.45) is 0.0747. The van der Waals surface area contributed by atoms with Crippen molar-refractivity contribution >= 4 is 5.91 Å². The van der Waals surface area contributed by atoms with E-state index in [0.717, 1.165) is 11.4 Å². The van der Waals surface area contributed by atoms with Crippen LogP contribution in [0.15, 0.2) is 47.3 Å². The van der Waals surface area contributed by atoms with Crippen molar-refractivity contribution in [1.29, 1.82) is 0 Å². The Labute approximate surface area is 169 Å². The summed E-state index contributed by atoms with van der Waals surface area (Å²) in [7, 11) is 0. The van der Waals surface area contributed by atoms with Gasteiger partial charge in [0.1, 0.15) is 5.75 Å². The van der Waals surface area contributed by atoms with Crippen LogP contribution in [-0.2, 0) is 6.54 Å². The summed E-state index contributed by atoms with van der Waals surface area (Å²) in [6.45, 7) is 8.25. The number of aromatic nitrogens is 4. The average Bonchev–Trinajstić information content (AvgIpc) is 3.01. The largest absolute Gasteiger partial charge is 0.491 e. The van der Waals surface area contributed by atoms with Crippen molar-refractivity contribution in [1.82, 2.24) is 24.9 Å². The minimum absolute atomic E-state index is 0.0747. The standard InChI is InChI=1S/C21H25N5O3/c1-14(2)29-18-7-5-17(6-8-18)21(28)22-11-12-25-20(27)10-9-19(24-25)26-16(4)13-15(3)23-26/h5-10,13-14H,11-12H2,1-4H3,(H,22,28). The first kappa shape index (κ1) is 20.3. The normalized spacial score (nSPS) is 10.9. The maximum absolute atomic E-state index is 12.3. The Hall–Kier alpha value is -3.42. The molecule has 2 heterocycles. The van der Waals surface area contributed by atoms with Crippen LogP contribution in [0, 0.1) is 13.8 Å². The van der Waals surface area contributed by atoms with Crippen LogP contribution in [0.4, 0.5) is 0 Å². The van der Waals surface area contributed by atoms with Gasteiger partial charge in [-0.25, -0.2) is 9.36 Å². The van der Waals surface area contributed by atoms with E-state index < -0.39 is 0 Å². The van der Waals surface area contributed by atoms with E-state index in [9.17, 15) is 9.59 Å². The fraction of sp³-hybridized carbons (Fsp3) is 0.333. The molecular formula is C21H25N5O3. The van der Waals surface area contributed by atoms with Gasteiger partial charge in [-0.1, -0.05) is 0 Å². The monoisotopic (exact) mass is 395 g/mol. The summed E-state index contributed by atoms with van der Waals surface area (Å²) in [5.74, 6) is 1.05. The zero-order valence-electron chi connectivity index (χ0n) is 17.0. The summed E-state index contributed by atoms with van der Waals surface area (Å²) in [5, 5.41) is 11.6. The van der Waals surface area contributed by atoms with Gasteiger partial charge in [0.15, 0.2) is 5.82 Å². The lowest BCUT2D eigenvalue weighted by Crippen LogP contribution is -2.32. The molecule has 152 valence electrons. The molecule has 0 bridgehead atoms. The van der Waals surface area contributed by atoms with Gasteiger partial charge >= 0.3 is 0 Å². The predicted octanol–water partition coefficient (Wildman–Crippen LogP) is 2.26. The molecule has 8 nitrogen and oxygen atoms in total. The lowest BCUT2D eigenvalue weighted by molar-refractivity contribution is 0.0951. The molecular weight excluding hydrogens is 370 g/mol. The zero-order chi connectivity index (χ0) is 21.0. The molecule has 3 rings (SSSR count). The average molecular weight is 395 g/mol. The molecule has 0 saturated carbocycles. The van der Waals surface area contributed by atoms with Gasteiger partial charge in [-0.3, -0.25) is 9.59 Å². The van der Waals surface area contributed by atoms with Crippen LogP contribution < -0.4 is 15.6 Å². The van der Waals surface area contributed by atoms with E-state index in [4.69, 9.17) is 4.74 Å². The zero-order valence-corrected chi connectivity index (χ0v) is 17.0. The molecule has 3 aromatic rings. The number of nitrogens with one attached hydrogen (secondary N) is 1. The van der Waals surface area contributed by atoms with Gasteiger partial charge in [0.05, 0.1) is 18.3 Å². The summed E-state index contributed by atoms with van der Waals surface area (Å²) in [5.41, 5.74) is 2.09. The van der Waals surface area contributed by atoms with Crippen molar-refractivity contribution in [3.63, 3.8) is 0 Å². The number of hydrogen-bond acceptors (Lipinski definition) is 5. The maximum Gasteiger partial charge on any atom is 0.266 e. The summed E-state index contributed by atoms with van der Waals surface area (Å²) < 4.78 is 8.58. The Kier molecular flexibility index (Phi) is 6.11. The Morgan fingerprint density at radius 3 is 2.45 bits per heavy atom. The first-order valence-corrected chi connectivity index (χ1v) is 9.50. The Bertz CT molecular complexity index is 1050. The smallest absolute Gasteiger partial charge is 0.266 e.